The number of halogens is 1. The van der Waals surface area contributed by atoms with E-state index in [9.17, 15) is 0 Å². The van der Waals surface area contributed by atoms with Gasteiger partial charge in [0.05, 0.1) is 18.3 Å². The minimum atomic E-state index is -0.0883. The van der Waals surface area contributed by atoms with E-state index in [4.69, 9.17) is 10.00 Å². The first-order valence-corrected chi connectivity index (χ1v) is 5.00. The third-order valence-corrected chi connectivity index (χ3v) is 4.03. The number of nitriles is 1. The summed E-state index contributed by atoms with van der Waals surface area (Å²) < 4.78 is 5.27. The molecule has 1 saturated carbocycles. The van der Waals surface area contributed by atoms with Crippen LogP contribution in [0.2, 0.25) is 0 Å². The number of rotatable bonds is 0. The Hall–Kier alpha value is 0.180. The average Bonchev–Trinajstić information content (AvgIpc) is 2.78. The largest absolute Gasteiger partial charge is 0.370 e. The maximum Gasteiger partial charge on any atom is 0.109 e. The van der Waals surface area contributed by atoms with Crippen molar-refractivity contribution in [2.24, 2.45) is 0 Å². The highest BCUT2D eigenvalue weighted by molar-refractivity contribution is 14.1. The van der Waals surface area contributed by atoms with Gasteiger partial charge in [-0.1, -0.05) is 22.6 Å². The third kappa shape index (κ3) is 1.38. The summed E-state index contributed by atoms with van der Waals surface area (Å²) in [6, 6.07) is 2.38. The van der Waals surface area contributed by atoms with Crippen molar-refractivity contribution in [2.75, 3.05) is 6.61 Å². The molecule has 3 heteroatoms. The summed E-state index contributed by atoms with van der Waals surface area (Å²) in [7, 11) is 0. The summed E-state index contributed by atoms with van der Waals surface area (Å²) in [6.07, 6.45) is 4.18. The SMILES string of the molecule is N#CC1(I)CCC2(CC1)CO2. The first kappa shape index (κ1) is 7.81. The van der Waals surface area contributed by atoms with Crippen LogP contribution in [0.5, 0.6) is 0 Å². The smallest absolute Gasteiger partial charge is 0.109 e. The Labute approximate surface area is 80.1 Å². The predicted molar refractivity (Wildman–Crippen MR) is 49.5 cm³/mol. The summed E-state index contributed by atoms with van der Waals surface area (Å²) in [5, 5.41) is 8.84. The topological polar surface area (TPSA) is 36.3 Å². The second-order valence-corrected chi connectivity index (χ2v) is 5.61. The molecule has 0 amide bonds. The Balaban J connectivity index is 2.00. The lowest BCUT2D eigenvalue weighted by Gasteiger charge is -2.28. The van der Waals surface area contributed by atoms with Crippen molar-refractivity contribution in [3.63, 3.8) is 0 Å². The Morgan fingerprint density at radius 2 is 1.82 bits per heavy atom. The molecule has 1 saturated heterocycles. The van der Waals surface area contributed by atoms with Crippen molar-refractivity contribution in [3.05, 3.63) is 0 Å². The average molecular weight is 263 g/mol. The van der Waals surface area contributed by atoms with E-state index in [1.54, 1.807) is 0 Å². The molecular weight excluding hydrogens is 253 g/mol. The zero-order chi connectivity index (χ0) is 7.95. The van der Waals surface area contributed by atoms with Crippen LogP contribution in [0.1, 0.15) is 25.7 Å². The number of alkyl halides is 1. The van der Waals surface area contributed by atoms with E-state index in [2.05, 4.69) is 28.7 Å². The number of epoxide rings is 1. The molecule has 1 heterocycles. The second kappa shape index (κ2) is 2.33. The maximum atomic E-state index is 8.84. The molecular formula is C8H10INO. The van der Waals surface area contributed by atoms with Crippen LogP contribution in [0.3, 0.4) is 0 Å². The van der Waals surface area contributed by atoms with Crippen molar-refractivity contribution in [1.29, 1.82) is 5.26 Å². The zero-order valence-electron chi connectivity index (χ0n) is 6.27. The van der Waals surface area contributed by atoms with Gasteiger partial charge in [0.25, 0.3) is 0 Å². The van der Waals surface area contributed by atoms with E-state index in [1.165, 1.54) is 0 Å². The summed E-state index contributed by atoms with van der Waals surface area (Å²) >= 11 is 2.28. The molecule has 0 aromatic rings. The normalized spacial score (nSPS) is 48.7. The molecule has 11 heavy (non-hydrogen) atoms. The highest BCUT2D eigenvalue weighted by Crippen LogP contribution is 2.47. The molecule has 0 N–H and O–H groups in total. The highest BCUT2D eigenvalue weighted by Gasteiger charge is 2.50. The minimum Gasteiger partial charge on any atom is -0.370 e. The molecule has 0 bridgehead atoms. The van der Waals surface area contributed by atoms with E-state index in [0.717, 1.165) is 32.3 Å². The van der Waals surface area contributed by atoms with Crippen LogP contribution in [-0.4, -0.2) is 15.6 Å². The fourth-order valence-corrected chi connectivity index (χ4v) is 2.14. The molecule has 0 atom stereocenters. The van der Waals surface area contributed by atoms with Crippen molar-refractivity contribution >= 4 is 22.6 Å². The predicted octanol–water partition coefficient (Wildman–Crippen LogP) is 2.03. The van der Waals surface area contributed by atoms with Gasteiger partial charge < -0.3 is 4.74 Å². The molecule has 60 valence electrons. The van der Waals surface area contributed by atoms with Crippen LogP contribution in [0.15, 0.2) is 0 Å². The van der Waals surface area contributed by atoms with Crippen LogP contribution in [-0.2, 0) is 4.74 Å². The van der Waals surface area contributed by atoms with E-state index >= 15 is 0 Å². The van der Waals surface area contributed by atoms with Crippen LogP contribution in [0, 0.1) is 11.3 Å². The van der Waals surface area contributed by atoms with E-state index in [0.29, 0.717) is 0 Å². The lowest BCUT2D eigenvalue weighted by atomic mass is 9.83. The molecule has 1 aliphatic heterocycles. The summed E-state index contributed by atoms with van der Waals surface area (Å²) in [5.74, 6) is 0. The molecule has 0 radical (unpaired) electrons. The fraction of sp³-hybridized carbons (Fsp3) is 0.875. The van der Waals surface area contributed by atoms with Gasteiger partial charge >= 0.3 is 0 Å². The molecule has 1 aliphatic carbocycles. The molecule has 2 nitrogen and oxygen atoms in total. The third-order valence-electron chi connectivity index (χ3n) is 2.71. The Morgan fingerprint density at radius 3 is 2.18 bits per heavy atom. The maximum absolute atomic E-state index is 8.84. The van der Waals surface area contributed by atoms with E-state index in [-0.39, 0.29) is 9.02 Å². The van der Waals surface area contributed by atoms with Gasteiger partial charge in [-0.15, -0.1) is 0 Å². The quantitative estimate of drug-likeness (QED) is 0.381. The molecule has 0 aromatic carbocycles. The Morgan fingerprint density at radius 1 is 1.27 bits per heavy atom. The lowest BCUT2D eigenvalue weighted by Crippen LogP contribution is -2.30. The number of hydrogen-bond donors (Lipinski definition) is 0. The highest BCUT2D eigenvalue weighted by atomic mass is 127. The van der Waals surface area contributed by atoms with Gasteiger partial charge in [-0.05, 0) is 25.7 Å². The molecule has 2 fully saturated rings. The van der Waals surface area contributed by atoms with E-state index < -0.39 is 0 Å². The van der Waals surface area contributed by atoms with Gasteiger partial charge in [0, 0.05) is 0 Å². The van der Waals surface area contributed by atoms with Crippen molar-refractivity contribution in [3.8, 4) is 6.07 Å². The van der Waals surface area contributed by atoms with Gasteiger partial charge in [0.15, 0.2) is 0 Å². The first-order chi connectivity index (χ1) is 5.18. The number of nitrogens with zero attached hydrogens (tertiary/aromatic N) is 1. The molecule has 0 unspecified atom stereocenters. The number of ether oxygens (including phenoxy) is 1. The summed E-state index contributed by atoms with van der Waals surface area (Å²) in [5.41, 5.74) is 0.228. The van der Waals surface area contributed by atoms with Crippen LogP contribution < -0.4 is 0 Å². The summed E-state index contributed by atoms with van der Waals surface area (Å²) in [6.45, 7) is 0.936. The summed E-state index contributed by atoms with van der Waals surface area (Å²) in [4.78, 5) is 0. The van der Waals surface area contributed by atoms with Gasteiger partial charge in [-0.25, -0.2) is 0 Å². The lowest BCUT2D eigenvalue weighted by molar-refractivity contribution is 0.231. The standard InChI is InChI=1S/C8H10INO/c9-7(5-10)1-3-8(4-2-7)6-11-8/h1-4,6H2. The fourth-order valence-electron chi connectivity index (χ4n) is 1.60. The van der Waals surface area contributed by atoms with Crippen molar-refractivity contribution < 1.29 is 4.74 Å². The van der Waals surface area contributed by atoms with Crippen LogP contribution in [0.4, 0.5) is 0 Å². The molecule has 2 aliphatic rings. The van der Waals surface area contributed by atoms with Crippen molar-refractivity contribution in [2.45, 2.75) is 34.7 Å². The van der Waals surface area contributed by atoms with Gasteiger partial charge in [-0.3, -0.25) is 0 Å². The monoisotopic (exact) mass is 263 g/mol. The van der Waals surface area contributed by atoms with Crippen molar-refractivity contribution in [1.82, 2.24) is 0 Å². The van der Waals surface area contributed by atoms with Gasteiger partial charge in [0.1, 0.15) is 3.42 Å². The number of hydrogen-bond acceptors (Lipinski definition) is 2. The molecule has 2 rings (SSSR count). The van der Waals surface area contributed by atoms with Crippen LogP contribution in [0.25, 0.3) is 0 Å². The van der Waals surface area contributed by atoms with E-state index in [1.807, 2.05) is 0 Å². The zero-order valence-corrected chi connectivity index (χ0v) is 8.43. The van der Waals surface area contributed by atoms with Gasteiger partial charge in [0.2, 0.25) is 0 Å². The molecule has 0 aromatic heterocycles. The molecule has 1 spiro atoms. The van der Waals surface area contributed by atoms with Gasteiger partial charge in [-0.2, -0.15) is 5.26 Å². The Bertz CT molecular complexity index is 207. The minimum absolute atomic E-state index is 0.0883. The van der Waals surface area contributed by atoms with Crippen LogP contribution >= 0.6 is 22.6 Å². The Kier molecular flexibility index (Phi) is 1.66. The second-order valence-electron chi connectivity index (χ2n) is 3.55. The first-order valence-electron chi connectivity index (χ1n) is 3.92.